The van der Waals surface area contributed by atoms with Gasteiger partial charge in [0.2, 0.25) is 11.8 Å². The van der Waals surface area contributed by atoms with Crippen molar-refractivity contribution in [3.05, 3.63) is 100 Å². The number of aryl methyl sites for hydroxylation is 1. The predicted molar refractivity (Wildman–Crippen MR) is 177 cm³/mol. The number of carbonyl (C=O) groups excluding carboxylic acids is 2. The molecule has 0 bridgehead atoms. The fraction of sp³-hybridized carbons (Fsp3) is 0.333. The Bertz CT molecular complexity index is 1690. The average Bonchev–Trinajstić information content (AvgIpc) is 3.02. The van der Waals surface area contributed by atoms with Gasteiger partial charge in [-0.05, 0) is 74.5 Å². The Labute approximate surface area is 265 Å². The zero-order valence-corrected chi connectivity index (χ0v) is 26.9. The molecule has 2 aromatic carbocycles. The molecule has 2 aromatic heterocycles. The maximum Gasteiger partial charge on any atom is 0.258 e. The molecule has 0 unspecified atom stereocenters. The van der Waals surface area contributed by atoms with Crippen molar-refractivity contribution in [3.8, 4) is 0 Å². The fourth-order valence-electron chi connectivity index (χ4n) is 5.60. The van der Waals surface area contributed by atoms with Crippen LogP contribution >= 0.6 is 24.8 Å². The third kappa shape index (κ3) is 6.61. The van der Waals surface area contributed by atoms with Crippen LogP contribution in [0.25, 0.3) is 10.8 Å². The molecule has 1 aliphatic heterocycles. The van der Waals surface area contributed by atoms with Gasteiger partial charge >= 0.3 is 0 Å². The summed E-state index contributed by atoms with van der Waals surface area (Å²) >= 11 is 0. The summed E-state index contributed by atoms with van der Waals surface area (Å²) in [4.78, 5) is 49.8. The number of hydrogen-bond acceptors (Lipinski definition) is 5. The number of fused-ring (bicyclic) bond motifs is 2. The lowest BCUT2D eigenvalue weighted by Crippen LogP contribution is -2.47. The molecule has 10 heteroatoms. The summed E-state index contributed by atoms with van der Waals surface area (Å²) in [5.74, 6) is -0.423. The van der Waals surface area contributed by atoms with Crippen LogP contribution < -0.4 is 15.4 Å². The second kappa shape index (κ2) is 13.7. The minimum Gasteiger partial charge on any atom is -0.314 e. The van der Waals surface area contributed by atoms with Crippen molar-refractivity contribution in [3.63, 3.8) is 0 Å². The van der Waals surface area contributed by atoms with E-state index in [9.17, 15) is 14.4 Å². The standard InChI is InChI=1S/C33H37N5O3.2ClH/c1-6-38-28-14-13-24(20-29(28)35(5)31(40)33(3,4)32(38)41)21-36(22-26-11-9-16-34-23(26)2)18-19-37-17-15-25-10-7-8-12-27(25)30(37)39;;/h7-17,20H,6,18-19,21-22H2,1-5H3;2*1H. The summed E-state index contributed by atoms with van der Waals surface area (Å²) in [6.45, 7) is 10.2. The molecule has 0 saturated carbocycles. The monoisotopic (exact) mass is 623 g/mol. The predicted octanol–water partition coefficient (Wildman–Crippen LogP) is 5.61. The number of aromatic nitrogens is 2. The number of anilines is 2. The van der Waals surface area contributed by atoms with Crippen LogP contribution in [0.5, 0.6) is 0 Å². The molecule has 0 N–H and O–H groups in total. The van der Waals surface area contributed by atoms with Crippen molar-refractivity contribution in [2.75, 3.05) is 29.9 Å². The van der Waals surface area contributed by atoms with Crippen molar-refractivity contribution >= 4 is 58.8 Å². The highest BCUT2D eigenvalue weighted by molar-refractivity contribution is 6.19. The normalized spacial score (nSPS) is 14.3. The number of carbonyl (C=O) groups is 2. The number of amides is 2. The van der Waals surface area contributed by atoms with E-state index < -0.39 is 5.41 Å². The first-order valence-corrected chi connectivity index (χ1v) is 14.1. The van der Waals surface area contributed by atoms with Crippen LogP contribution in [-0.4, -0.2) is 46.4 Å². The second-order valence-electron chi connectivity index (χ2n) is 11.2. The third-order valence-electron chi connectivity index (χ3n) is 8.09. The molecule has 0 radical (unpaired) electrons. The topological polar surface area (TPSA) is 78.8 Å². The molecule has 228 valence electrons. The molecule has 8 nitrogen and oxygen atoms in total. The molecule has 4 aromatic rings. The van der Waals surface area contributed by atoms with Crippen molar-refractivity contribution in [1.82, 2.24) is 14.5 Å². The number of halogens is 2. The second-order valence-corrected chi connectivity index (χ2v) is 11.2. The van der Waals surface area contributed by atoms with Crippen LogP contribution in [0.15, 0.2) is 77.9 Å². The SMILES string of the molecule is CCN1C(=O)C(C)(C)C(=O)N(C)c2cc(CN(CCn3ccc4ccccc4c3=O)Cc3cccnc3C)ccc21.Cl.Cl. The molecule has 3 heterocycles. The van der Waals surface area contributed by atoms with E-state index in [4.69, 9.17) is 0 Å². The summed E-state index contributed by atoms with van der Waals surface area (Å²) in [5.41, 5.74) is 3.39. The highest BCUT2D eigenvalue weighted by Crippen LogP contribution is 2.39. The molecule has 0 spiro atoms. The lowest BCUT2D eigenvalue weighted by atomic mass is 9.90. The first kappa shape index (κ1) is 33.8. The highest BCUT2D eigenvalue weighted by atomic mass is 35.5. The Kier molecular flexibility index (Phi) is 10.8. The maximum absolute atomic E-state index is 13.3. The van der Waals surface area contributed by atoms with Gasteiger partial charge in [0.1, 0.15) is 5.41 Å². The minimum absolute atomic E-state index is 0. The van der Waals surface area contributed by atoms with Crippen molar-refractivity contribution in [2.24, 2.45) is 5.41 Å². The summed E-state index contributed by atoms with van der Waals surface area (Å²) in [5, 5.41) is 1.64. The lowest BCUT2D eigenvalue weighted by molar-refractivity contribution is -0.137. The number of rotatable bonds is 8. The molecular weight excluding hydrogens is 585 g/mol. The number of hydrogen-bond donors (Lipinski definition) is 0. The summed E-state index contributed by atoms with van der Waals surface area (Å²) in [7, 11) is 1.74. The molecule has 0 aliphatic carbocycles. The fourth-order valence-corrected chi connectivity index (χ4v) is 5.60. The average molecular weight is 625 g/mol. The van der Waals surface area contributed by atoms with Crippen LogP contribution in [0, 0.1) is 12.3 Å². The van der Waals surface area contributed by atoms with E-state index in [0.717, 1.165) is 33.6 Å². The van der Waals surface area contributed by atoms with Gasteiger partial charge in [0, 0.05) is 63.2 Å². The first-order chi connectivity index (χ1) is 19.6. The Balaban J connectivity index is 0.00000253. The highest BCUT2D eigenvalue weighted by Gasteiger charge is 2.45. The Morgan fingerprint density at radius 3 is 2.35 bits per heavy atom. The number of pyridine rings is 2. The molecule has 1 aliphatic rings. The Hall–Kier alpha value is -3.72. The van der Waals surface area contributed by atoms with Gasteiger partial charge < -0.3 is 14.4 Å². The zero-order chi connectivity index (χ0) is 29.3. The molecule has 0 atom stereocenters. The van der Waals surface area contributed by atoms with E-state index in [1.807, 2.05) is 74.6 Å². The summed E-state index contributed by atoms with van der Waals surface area (Å²) in [6.07, 6.45) is 3.65. The smallest absolute Gasteiger partial charge is 0.258 e. The van der Waals surface area contributed by atoms with E-state index >= 15 is 0 Å². The molecule has 0 fully saturated rings. The van der Waals surface area contributed by atoms with Crippen molar-refractivity contribution in [1.29, 1.82) is 0 Å². The van der Waals surface area contributed by atoms with Crippen LogP contribution in [0.1, 0.15) is 37.6 Å². The molecule has 2 amide bonds. The van der Waals surface area contributed by atoms with Gasteiger partial charge in [-0.15, -0.1) is 24.8 Å². The number of nitrogens with zero attached hydrogens (tertiary/aromatic N) is 5. The van der Waals surface area contributed by atoms with E-state index in [1.54, 1.807) is 41.5 Å². The molecule has 0 saturated heterocycles. The van der Waals surface area contributed by atoms with Crippen LogP contribution in [-0.2, 0) is 29.2 Å². The minimum atomic E-state index is -1.15. The summed E-state index contributed by atoms with van der Waals surface area (Å²) in [6, 6.07) is 19.6. The van der Waals surface area contributed by atoms with Crippen LogP contribution in [0.2, 0.25) is 0 Å². The van der Waals surface area contributed by atoms with Gasteiger partial charge in [-0.25, -0.2) is 0 Å². The Morgan fingerprint density at radius 2 is 1.63 bits per heavy atom. The first-order valence-electron chi connectivity index (χ1n) is 14.1. The molecule has 5 rings (SSSR count). The number of benzene rings is 2. The Morgan fingerprint density at radius 1 is 0.884 bits per heavy atom. The van der Waals surface area contributed by atoms with Crippen LogP contribution in [0.3, 0.4) is 0 Å². The maximum atomic E-state index is 13.3. The van der Waals surface area contributed by atoms with Gasteiger partial charge in [-0.2, -0.15) is 0 Å². The van der Waals surface area contributed by atoms with Gasteiger partial charge in [-0.1, -0.05) is 30.3 Å². The van der Waals surface area contributed by atoms with E-state index in [-0.39, 0.29) is 42.2 Å². The van der Waals surface area contributed by atoms with Gasteiger partial charge in [0.25, 0.3) is 5.56 Å². The largest absolute Gasteiger partial charge is 0.314 e. The third-order valence-corrected chi connectivity index (χ3v) is 8.09. The van der Waals surface area contributed by atoms with Crippen LogP contribution in [0.4, 0.5) is 11.4 Å². The van der Waals surface area contributed by atoms with E-state index in [1.165, 1.54) is 0 Å². The van der Waals surface area contributed by atoms with Gasteiger partial charge in [0.15, 0.2) is 0 Å². The van der Waals surface area contributed by atoms with Gasteiger partial charge in [-0.3, -0.25) is 24.3 Å². The zero-order valence-electron chi connectivity index (χ0n) is 25.2. The molecular formula is C33H39Cl2N5O3. The van der Waals surface area contributed by atoms with Gasteiger partial charge in [0.05, 0.1) is 11.4 Å². The van der Waals surface area contributed by atoms with E-state index in [2.05, 4.69) is 16.0 Å². The van der Waals surface area contributed by atoms with E-state index in [0.29, 0.717) is 38.1 Å². The lowest BCUT2D eigenvalue weighted by Gasteiger charge is -2.27. The van der Waals surface area contributed by atoms with Crippen molar-refractivity contribution < 1.29 is 9.59 Å². The van der Waals surface area contributed by atoms with Crippen molar-refractivity contribution in [2.45, 2.75) is 47.3 Å². The summed E-state index contributed by atoms with van der Waals surface area (Å²) < 4.78 is 1.77. The molecule has 43 heavy (non-hydrogen) atoms. The quantitative estimate of drug-likeness (QED) is 0.239.